The average Bonchev–Trinajstić information content (AvgIpc) is 3.10. The van der Waals surface area contributed by atoms with Crippen LogP contribution in [0.1, 0.15) is 16.8 Å². The van der Waals surface area contributed by atoms with Crippen LogP contribution in [0.5, 0.6) is 0 Å². The summed E-state index contributed by atoms with van der Waals surface area (Å²) in [5, 5.41) is 2.29. The van der Waals surface area contributed by atoms with E-state index in [0.29, 0.717) is 0 Å². The number of ether oxygens (including phenoxy) is 1. The maximum atomic E-state index is 13.1. The molecule has 0 aliphatic carbocycles. The maximum Gasteiger partial charge on any atom is 0.393 e. The number of Topliss-reactive ketones (excluding diaryl/α,β-unsaturated/α-hetero) is 1. The Labute approximate surface area is 147 Å². The van der Waals surface area contributed by atoms with Crippen molar-refractivity contribution in [3.05, 3.63) is 23.8 Å². The van der Waals surface area contributed by atoms with E-state index in [1.165, 1.54) is 13.2 Å². The second-order valence-corrected chi connectivity index (χ2v) is 8.04. The monoisotopic (exact) mass is 392 g/mol. The normalized spacial score (nSPS) is 24.0. The van der Waals surface area contributed by atoms with Crippen LogP contribution in [0.4, 0.5) is 18.9 Å². The van der Waals surface area contributed by atoms with Gasteiger partial charge in [-0.05, 0) is 24.6 Å². The highest BCUT2D eigenvalue weighted by atomic mass is 32.2. The summed E-state index contributed by atoms with van der Waals surface area (Å²) in [4.78, 5) is 22.8. The van der Waals surface area contributed by atoms with Gasteiger partial charge < -0.3 is 10.1 Å². The molecule has 0 bridgehead atoms. The van der Waals surface area contributed by atoms with Crippen LogP contribution in [0.3, 0.4) is 0 Å². The number of rotatable bonds is 4. The average molecular weight is 392 g/mol. The van der Waals surface area contributed by atoms with Gasteiger partial charge in [0.25, 0.3) is 11.7 Å². The molecule has 1 aromatic carbocycles. The van der Waals surface area contributed by atoms with E-state index in [1.54, 1.807) is 0 Å². The molecule has 1 N–H and O–H groups in total. The molecule has 1 amide bonds. The highest BCUT2D eigenvalue weighted by Gasteiger charge is 2.51. The number of nitrogens with one attached hydrogen (secondary N) is 1. The number of alkyl halides is 3. The Hall–Kier alpha value is -1.98. The van der Waals surface area contributed by atoms with Gasteiger partial charge in [-0.3, -0.25) is 9.59 Å². The lowest BCUT2D eigenvalue weighted by Crippen LogP contribution is -2.38. The van der Waals surface area contributed by atoms with Crippen LogP contribution >= 0.6 is 0 Å². The summed E-state index contributed by atoms with van der Waals surface area (Å²) < 4.78 is 70.5. The van der Waals surface area contributed by atoms with Crippen LogP contribution in [0, 0.1) is 5.92 Å². The molecule has 11 heteroatoms. The minimum absolute atomic E-state index is 0.120. The Morgan fingerprint density at radius 1 is 1.31 bits per heavy atom. The van der Waals surface area contributed by atoms with Crippen molar-refractivity contribution in [3.8, 4) is 0 Å². The van der Waals surface area contributed by atoms with E-state index in [-0.39, 0.29) is 22.8 Å². The Morgan fingerprint density at radius 3 is 2.62 bits per heavy atom. The third kappa shape index (κ3) is 3.10. The quantitative estimate of drug-likeness (QED) is 0.783. The molecule has 2 aliphatic heterocycles. The summed E-state index contributed by atoms with van der Waals surface area (Å²) in [5.41, 5.74) is 0.0490. The molecule has 1 aromatic rings. The lowest BCUT2D eigenvalue weighted by Gasteiger charge is -2.23. The number of ketones is 1. The van der Waals surface area contributed by atoms with Gasteiger partial charge in [0.2, 0.25) is 10.0 Å². The molecule has 0 unspecified atom stereocenters. The Morgan fingerprint density at radius 2 is 2.00 bits per heavy atom. The van der Waals surface area contributed by atoms with Gasteiger partial charge in [-0.25, -0.2) is 8.42 Å². The Kier molecular flexibility index (Phi) is 4.57. The van der Waals surface area contributed by atoms with Gasteiger partial charge >= 0.3 is 6.18 Å². The third-order valence-electron chi connectivity index (χ3n) is 4.48. The first kappa shape index (κ1) is 18.8. The number of amides is 1. The molecule has 1 saturated heterocycles. The summed E-state index contributed by atoms with van der Waals surface area (Å²) >= 11 is 0. The zero-order valence-electron chi connectivity index (χ0n) is 13.5. The summed E-state index contributed by atoms with van der Waals surface area (Å²) in [6.07, 6.45) is -4.93. The van der Waals surface area contributed by atoms with E-state index in [9.17, 15) is 31.2 Å². The molecule has 2 heterocycles. The van der Waals surface area contributed by atoms with E-state index < -0.39 is 52.8 Å². The van der Waals surface area contributed by atoms with E-state index in [1.807, 2.05) is 0 Å². The predicted molar refractivity (Wildman–Crippen MR) is 83.1 cm³/mol. The lowest BCUT2D eigenvalue weighted by molar-refractivity contribution is -0.170. The lowest BCUT2D eigenvalue weighted by atomic mass is 10.1. The van der Waals surface area contributed by atoms with Gasteiger partial charge in [0.15, 0.2) is 0 Å². The number of methoxy groups -OCH3 is 1. The second kappa shape index (κ2) is 6.32. The van der Waals surface area contributed by atoms with Crippen molar-refractivity contribution >= 4 is 27.4 Å². The van der Waals surface area contributed by atoms with Crippen molar-refractivity contribution < 1.29 is 35.9 Å². The number of carbonyl (C=O) groups excluding carboxylic acids is 2. The van der Waals surface area contributed by atoms with Crippen LogP contribution in [0.25, 0.3) is 0 Å². The van der Waals surface area contributed by atoms with Crippen LogP contribution < -0.4 is 5.32 Å². The molecule has 1 fully saturated rings. The van der Waals surface area contributed by atoms with Crippen molar-refractivity contribution in [1.29, 1.82) is 0 Å². The molecule has 3 rings (SSSR count). The number of sulfonamides is 1. The molecule has 26 heavy (non-hydrogen) atoms. The summed E-state index contributed by atoms with van der Waals surface area (Å²) in [6, 6.07) is 2.43. The molecule has 0 radical (unpaired) electrons. The molecule has 2 atom stereocenters. The fraction of sp³-hybridized carbons (Fsp3) is 0.467. The number of hydrogen-bond acceptors (Lipinski definition) is 5. The molecule has 0 spiro atoms. The molecular formula is C15H15F3N2O5S. The van der Waals surface area contributed by atoms with Gasteiger partial charge in [-0.1, -0.05) is 0 Å². The first-order valence-corrected chi connectivity index (χ1v) is 9.07. The fourth-order valence-corrected chi connectivity index (χ4v) is 4.87. The van der Waals surface area contributed by atoms with E-state index in [0.717, 1.165) is 16.4 Å². The Balaban J connectivity index is 1.97. The van der Waals surface area contributed by atoms with Crippen LogP contribution in [0.15, 0.2) is 23.1 Å². The van der Waals surface area contributed by atoms with E-state index in [4.69, 9.17) is 4.74 Å². The number of benzene rings is 1. The van der Waals surface area contributed by atoms with Gasteiger partial charge in [-0.15, -0.1) is 0 Å². The number of nitrogens with zero attached hydrogens (tertiary/aromatic N) is 1. The number of anilines is 1. The summed E-state index contributed by atoms with van der Waals surface area (Å²) in [5.74, 6) is -3.57. The van der Waals surface area contributed by atoms with Gasteiger partial charge in [0.05, 0.1) is 28.7 Å². The number of hydrogen-bond donors (Lipinski definition) is 1. The SMILES string of the molecule is COC[C@@H]1C[C@H](C(F)(F)F)CN1S(=O)(=O)c1ccc2c(c1)C(=O)C(=O)N2. The zero-order valence-corrected chi connectivity index (χ0v) is 14.4. The number of carbonyl (C=O) groups is 2. The molecular weight excluding hydrogens is 377 g/mol. The van der Waals surface area contributed by atoms with Crippen molar-refractivity contribution in [3.63, 3.8) is 0 Å². The molecule has 0 saturated carbocycles. The highest BCUT2D eigenvalue weighted by molar-refractivity contribution is 7.89. The number of halogens is 3. The maximum absolute atomic E-state index is 13.1. The van der Waals surface area contributed by atoms with Crippen molar-refractivity contribution in [1.82, 2.24) is 4.31 Å². The number of fused-ring (bicyclic) bond motifs is 1. The minimum Gasteiger partial charge on any atom is -0.383 e. The van der Waals surface area contributed by atoms with Gasteiger partial charge in [0.1, 0.15) is 0 Å². The predicted octanol–water partition coefficient (Wildman–Crippen LogP) is 1.41. The third-order valence-corrected chi connectivity index (χ3v) is 6.40. The molecule has 7 nitrogen and oxygen atoms in total. The molecule has 142 valence electrons. The van der Waals surface area contributed by atoms with Crippen LogP contribution in [0.2, 0.25) is 0 Å². The van der Waals surface area contributed by atoms with Crippen molar-refractivity contribution in [2.45, 2.75) is 23.5 Å². The van der Waals surface area contributed by atoms with Crippen molar-refractivity contribution in [2.75, 3.05) is 25.6 Å². The summed E-state index contributed by atoms with van der Waals surface area (Å²) in [7, 11) is -3.03. The Bertz CT molecular complexity index is 869. The highest BCUT2D eigenvalue weighted by Crippen LogP contribution is 2.39. The molecule has 0 aromatic heterocycles. The standard InChI is InChI=1S/C15H15F3N2O5S/c1-25-7-9-4-8(15(16,17)18)6-20(9)26(23,24)10-2-3-12-11(5-10)13(21)14(22)19-12/h2-3,5,8-9H,4,6-7H2,1H3,(H,19,21,22)/t8-,9-/m0/s1. The largest absolute Gasteiger partial charge is 0.393 e. The van der Waals surface area contributed by atoms with E-state index >= 15 is 0 Å². The van der Waals surface area contributed by atoms with Crippen LogP contribution in [-0.2, 0) is 19.6 Å². The first-order valence-electron chi connectivity index (χ1n) is 7.63. The smallest absolute Gasteiger partial charge is 0.383 e. The first-order chi connectivity index (χ1) is 12.1. The van der Waals surface area contributed by atoms with E-state index in [2.05, 4.69) is 5.32 Å². The van der Waals surface area contributed by atoms with Crippen molar-refractivity contribution in [2.24, 2.45) is 5.92 Å². The topological polar surface area (TPSA) is 92.8 Å². The second-order valence-electron chi connectivity index (χ2n) is 6.15. The van der Waals surface area contributed by atoms with Gasteiger partial charge in [-0.2, -0.15) is 17.5 Å². The fourth-order valence-electron chi connectivity index (χ4n) is 3.18. The minimum atomic E-state index is -4.53. The summed E-state index contributed by atoms with van der Waals surface area (Å²) in [6.45, 7) is -0.905. The van der Waals surface area contributed by atoms with Gasteiger partial charge in [0, 0.05) is 19.7 Å². The molecule has 2 aliphatic rings. The zero-order chi connectivity index (χ0) is 19.3. The van der Waals surface area contributed by atoms with Crippen LogP contribution in [-0.4, -0.2) is 56.9 Å².